The molecule has 1 heterocycles. The average Bonchev–Trinajstić information content (AvgIpc) is 2.48. The van der Waals surface area contributed by atoms with Crippen molar-refractivity contribution in [2.45, 2.75) is 44.6 Å². The van der Waals surface area contributed by atoms with Crippen LogP contribution in [0.5, 0.6) is 0 Å². The molecule has 0 aromatic heterocycles. The Balaban J connectivity index is 2.23. The number of rotatable bonds is 1. The van der Waals surface area contributed by atoms with E-state index in [1.807, 2.05) is 6.07 Å². The van der Waals surface area contributed by atoms with Crippen molar-refractivity contribution in [2.75, 3.05) is 7.05 Å². The maximum absolute atomic E-state index is 14.2. The second kappa shape index (κ2) is 3.56. The van der Waals surface area contributed by atoms with Crippen molar-refractivity contribution in [3.05, 3.63) is 34.6 Å². The van der Waals surface area contributed by atoms with Crippen molar-refractivity contribution in [1.82, 2.24) is 4.90 Å². The molecule has 0 atom stereocenters. The summed E-state index contributed by atoms with van der Waals surface area (Å²) in [5.74, 6) is -0.225. The molecule has 1 aromatic rings. The minimum atomic E-state index is -0.350. The molecule has 1 aromatic carbocycles. The number of carbonyl (C=O) groups excluding carboxylic acids is 1. The van der Waals surface area contributed by atoms with Crippen LogP contribution in [0, 0.1) is 5.82 Å². The molecule has 0 unspecified atom stereocenters. The van der Waals surface area contributed by atoms with Gasteiger partial charge in [0.25, 0.3) is 5.91 Å². The second-order valence-electron chi connectivity index (χ2n) is 5.83. The van der Waals surface area contributed by atoms with E-state index in [4.69, 9.17) is 0 Å². The summed E-state index contributed by atoms with van der Waals surface area (Å²) in [6.45, 7) is 4.10. The largest absolute Gasteiger partial charge is 0.332 e. The van der Waals surface area contributed by atoms with Crippen LogP contribution in [0.15, 0.2) is 12.1 Å². The first-order valence-electron chi connectivity index (χ1n) is 6.59. The minimum Gasteiger partial charge on any atom is -0.332 e. The summed E-state index contributed by atoms with van der Waals surface area (Å²) in [5.41, 5.74) is 2.00. The summed E-state index contributed by atoms with van der Waals surface area (Å²) in [6.07, 6.45) is 3.04. The van der Waals surface area contributed by atoms with Gasteiger partial charge < -0.3 is 4.90 Å². The molecule has 1 fully saturated rings. The molecule has 0 N–H and O–H groups in total. The van der Waals surface area contributed by atoms with E-state index in [0.29, 0.717) is 5.56 Å². The summed E-state index contributed by atoms with van der Waals surface area (Å²) in [4.78, 5) is 13.9. The van der Waals surface area contributed by atoms with Crippen LogP contribution in [-0.4, -0.2) is 17.9 Å². The standard InChI is InChI=1S/C15H18FNO/c1-9(2)10-7-11-13(12(16)8-10)14(18)17(3)15(11)5-4-6-15/h7-9H,4-6H2,1-3H3. The Morgan fingerprint density at radius 3 is 2.50 bits per heavy atom. The van der Waals surface area contributed by atoms with Gasteiger partial charge in [0.15, 0.2) is 0 Å². The lowest BCUT2D eigenvalue weighted by molar-refractivity contribution is 0.0378. The van der Waals surface area contributed by atoms with Gasteiger partial charge in [0.05, 0.1) is 11.1 Å². The molecule has 0 saturated heterocycles. The zero-order valence-electron chi connectivity index (χ0n) is 11.1. The Labute approximate surface area is 107 Å². The number of hydrogen-bond donors (Lipinski definition) is 0. The summed E-state index contributed by atoms with van der Waals surface area (Å²) >= 11 is 0. The number of halogens is 1. The van der Waals surface area contributed by atoms with Gasteiger partial charge in [0.2, 0.25) is 0 Å². The maximum atomic E-state index is 14.2. The van der Waals surface area contributed by atoms with E-state index in [9.17, 15) is 9.18 Å². The monoisotopic (exact) mass is 247 g/mol. The fourth-order valence-electron chi connectivity index (χ4n) is 3.20. The van der Waals surface area contributed by atoms with E-state index in [2.05, 4.69) is 13.8 Å². The predicted molar refractivity (Wildman–Crippen MR) is 68.1 cm³/mol. The van der Waals surface area contributed by atoms with Crippen LogP contribution in [0.3, 0.4) is 0 Å². The molecular formula is C15H18FNO. The van der Waals surface area contributed by atoms with Gasteiger partial charge in [-0.2, -0.15) is 0 Å². The van der Waals surface area contributed by atoms with Crippen LogP contribution in [0.25, 0.3) is 0 Å². The highest BCUT2D eigenvalue weighted by Gasteiger charge is 2.52. The highest BCUT2D eigenvalue weighted by Crippen LogP contribution is 2.52. The van der Waals surface area contributed by atoms with Crippen LogP contribution in [0.1, 0.15) is 60.5 Å². The zero-order chi connectivity index (χ0) is 13.1. The van der Waals surface area contributed by atoms with E-state index in [-0.39, 0.29) is 23.2 Å². The van der Waals surface area contributed by atoms with Gasteiger partial charge in [-0.05, 0) is 42.4 Å². The highest BCUT2D eigenvalue weighted by atomic mass is 19.1. The van der Waals surface area contributed by atoms with Crippen molar-refractivity contribution in [3.63, 3.8) is 0 Å². The Bertz CT molecular complexity index is 532. The lowest BCUT2D eigenvalue weighted by Crippen LogP contribution is -2.46. The molecule has 1 saturated carbocycles. The number of hydrogen-bond acceptors (Lipinski definition) is 1. The number of fused-ring (bicyclic) bond motifs is 2. The van der Waals surface area contributed by atoms with E-state index < -0.39 is 0 Å². The molecule has 1 aliphatic carbocycles. The van der Waals surface area contributed by atoms with Gasteiger partial charge in [-0.1, -0.05) is 19.9 Å². The Morgan fingerprint density at radius 1 is 1.33 bits per heavy atom. The van der Waals surface area contributed by atoms with Crippen molar-refractivity contribution >= 4 is 5.91 Å². The Morgan fingerprint density at radius 2 is 2.00 bits per heavy atom. The van der Waals surface area contributed by atoms with Crippen molar-refractivity contribution in [3.8, 4) is 0 Å². The van der Waals surface area contributed by atoms with Crippen molar-refractivity contribution in [1.29, 1.82) is 0 Å². The Kier molecular flexibility index (Phi) is 2.31. The third-order valence-electron chi connectivity index (χ3n) is 4.62. The molecule has 0 radical (unpaired) electrons. The third-order valence-corrected chi connectivity index (χ3v) is 4.62. The first-order chi connectivity index (χ1) is 8.47. The molecular weight excluding hydrogens is 229 g/mol. The lowest BCUT2D eigenvalue weighted by atomic mass is 9.71. The smallest absolute Gasteiger partial charge is 0.257 e. The maximum Gasteiger partial charge on any atom is 0.257 e. The predicted octanol–water partition coefficient (Wildman–Crippen LogP) is 3.41. The normalized spacial score (nSPS) is 20.5. The van der Waals surface area contributed by atoms with Crippen LogP contribution >= 0.6 is 0 Å². The first-order valence-corrected chi connectivity index (χ1v) is 6.59. The highest BCUT2D eigenvalue weighted by molar-refractivity contribution is 6.00. The number of amides is 1. The molecule has 2 aliphatic rings. The third kappa shape index (κ3) is 1.25. The number of benzene rings is 1. The fraction of sp³-hybridized carbons (Fsp3) is 0.533. The fourth-order valence-corrected chi connectivity index (χ4v) is 3.20. The molecule has 18 heavy (non-hydrogen) atoms. The van der Waals surface area contributed by atoms with Gasteiger partial charge in [0, 0.05) is 7.05 Å². The zero-order valence-corrected chi connectivity index (χ0v) is 11.1. The lowest BCUT2D eigenvalue weighted by Gasteiger charge is -2.44. The summed E-state index contributed by atoms with van der Waals surface area (Å²) in [7, 11) is 1.80. The van der Waals surface area contributed by atoms with Crippen LogP contribution in [0.4, 0.5) is 4.39 Å². The Hall–Kier alpha value is -1.38. The van der Waals surface area contributed by atoms with Crippen molar-refractivity contribution in [2.24, 2.45) is 0 Å². The first kappa shape index (κ1) is 11.7. The van der Waals surface area contributed by atoms with Crippen LogP contribution in [-0.2, 0) is 5.54 Å². The van der Waals surface area contributed by atoms with Crippen LogP contribution in [0.2, 0.25) is 0 Å². The topological polar surface area (TPSA) is 20.3 Å². The summed E-state index contributed by atoms with van der Waals surface area (Å²) < 4.78 is 14.2. The molecule has 1 spiro atoms. The quantitative estimate of drug-likeness (QED) is 0.744. The number of carbonyl (C=O) groups is 1. The van der Waals surface area contributed by atoms with E-state index in [1.165, 1.54) is 6.07 Å². The van der Waals surface area contributed by atoms with E-state index >= 15 is 0 Å². The van der Waals surface area contributed by atoms with E-state index in [0.717, 1.165) is 30.4 Å². The van der Waals surface area contributed by atoms with Crippen molar-refractivity contribution < 1.29 is 9.18 Å². The van der Waals surface area contributed by atoms with Gasteiger partial charge >= 0.3 is 0 Å². The molecule has 3 heteroatoms. The van der Waals surface area contributed by atoms with Gasteiger partial charge in [-0.25, -0.2) is 4.39 Å². The summed E-state index contributed by atoms with van der Waals surface area (Å²) in [6, 6.07) is 3.57. The van der Waals surface area contributed by atoms with Crippen LogP contribution < -0.4 is 0 Å². The minimum absolute atomic E-state index is 0.155. The SMILES string of the molecule is CC(C)c1cc(F)c2c(c1)C1(CCC1)N(C)C2=O. The average molecular weight is 247 g/mol. The van der Waals surface area contributed by atoms with E-state index in [1.54, 1.807) is 11.9 Å². The molecule has 96 valence electrons. The molecule has 1 amide bonds. The van der Waals surface area contributed by atoms with Gasteiger partial charge in [-0.15, -0.1) is 0 Å². The summed E-state index contributed by atoms with van der Waals surface area (Å²) in [5, 5.41) is 0. The molecule has 0 bridgehead atoms. The molecule has 3 rings (SSSR count). The van der Waals surface area contributed by atoms with Gasteiger partial charge in [0.1, 0.15) is 5.82 Å². The number of nitrogens with zero attached hydrogens (tertiary/aromatic N) is 1. The molecule has 2 nitrogen and oxygen atoms in total. The molecule has 1 aliphatic heterocycles. The van der Waals surface area contributed by atoms with Gasteiger partial charge in [-0.3, -0.25) is 4.79 Å². The second-order valence-corrected chi connectivity index (χ2v) is 5.83.